The summed E-state index contributed by atoms with van der Waals surface area (Å²) >= 11 is 0. The van der Waals surface area contributed by atoms with Crippen LogP contribution in [-0.2, 0) is 0 Å². The zero-order chi connectivity index (χ0) is 17.6. The molecule has 1 aliphatic heterocycles. The number of amides is 1. The molecule has 132 valence electrons. The van der Waals surface area contributed by atoms with E-state index in [0.717, 1.165) is 38.3 Å². The van der Waals surface area contributed by atoms with Gasteiger partial charge in [0.05, 0.1) is 6.04 Å². The zero-order valence-corrected chi connectivity index (χ0v) is 14.5. The lowest BCUT2D eigenvalue weighted by Crippen LogP contribution is -2.47. The topological polar surface area (TPSA) is 35.6 Å². The van der Waals surface area contributed by atoms with Gasteiger partial charge >= 0.3 is 0 Å². The highest BCUT2D eigenvalue weighted by Crippen LogP contribution is 2.16. The molecular formula is C20H24FN3O. The Morgan fingerprint density at radius 1 is 1.04 bits per heavy atom. The molecule has 0 radical (unpaired) electrons. The third kappa shape index (κ3) is 4.87. The number of hydrogen-bond donors (Lipinski definition) is 1. The van der Waals surface area contributed by atoms with Gasteiger partial charge in [0.25, 0.3) is 5.91 Å². The van der Waals surface area contributed by atoms with Gasteiger partial charge in [-0.25, -0.2) is 4.39 Å². The Balaban J connectivity index is 1.72. The standard InChI is InChI=1S/C20H24FN3O/c1-23-11-13-24(14-12-23)15-19(16-5-3-2-4-6-16)22-20(25)17-7-9-18(21)10-8-17/h2-10,19H,11-15H2,1H3,(H,22,25). The van der Waals surface area contributed by atoms with Gasteiger partial charge in [-0.15, -0.1) is 0 Å². The smallest absolute Gasteiger partial charge is 0.251 e. The van der Waals surface area contributed by atoms with Crippen molar-refractivity contribution in [1.29, 1.82) is 0 Å². The van der Waals surface area contributed by atoms with Gasteiger partial charge in [-0.1, -0.05) is 30.3 Å². The molecule has 1 aliphatic rings. The molecule has 4 nitrogen and oxygen atoms in total. The number of halogens is 1. The molecule has 0 aromatic heterocycles. The van der Waals surface area contributed by atoms with E-state index >= 15 is 0 Å². The maximum atomic E-state index is 13.1. The normalized spacial score (nSPS) is 17.2. The second-order valence-electron chi connectivity index (χ2n) is 6.55. The number of nitrogens with one attached hydrogen (secondary N) is 1. The Morgan fingerprint density at radius 2 is 1.68 bits per heavy atom. The van der Waals surface area contributed by atoms with Crippen molar-refractivity contribution in [3.63, 3.8) is 0 Å². The molecule has 0 spiro atoms. The number of benzene rings is 2. The first kappa shape index (κ1) is 17.6. The molecule has 1 N–H and O–H groups in total. The Kier molecular flexibility index (Phi) is 5.79. The second kappa shape index (κ2) is 8.23. The first-order valence-corrected chi connectivity index (χ1v) is 8.64. The summed E-state index contributed by atoms with van der Waals surface area (Å²) in [5.41, 5.74) is 1.55. The van der Waals surface area contributed by atoms with E-state index in [2.05, 4.69) is 22.2 Å². The molecule has 0 bridgehead atoms. The summed E-state index contributed by atoms with van der Waals surface area (Å²) in [6, 6.07) is 15.6. The zero-order valence-electron chi connectivity index (χ0n) is 14.5. The van der Waals surface area contributed by atoms with Gasteiger partial charge in [0.2, 0.25) is 0 Å². The predicted octanol–water partition coefficient (Wildman–Crippen LogP) is 2.54. The van der Waals surface area contributed by atoms with Gasteiger partial charge in [0.1, 0.15) is 5.82 Å². The monoisotopic (exact) mass is 341 g/mol. The summed E-state index contributed by atoms with van der Waals surface area (Å²) < 4.78 is 13.1. The van der Waals surface area contributed by atoms with Crippen molar-refractivity contribution in [3.05, 3.63) is 71.5 Å². The number of rotatable bonds is 5. The molecule has 1 atom stereocenters. The van der Waals surface area contributed by atoms with Gasteiger partial charge < -0.3 is 10.2 Å². The number of hydrogen-bond acceptors (Lipinski definition) is 3. The molecule has 2 aromatic rings. The summed E-state index contributed by atoms with van der Waals surface area (Å²) in [4.78, 5) is 17.3. The van der Waals surface area contributed by atoms with Crippen LogP contribution in [0.4, 0.5) is 4.39 Å². The van der Waals surface area contributed by atoms with Crippen molar-refractivity contribution >= 4 is 5.91 Å². The molecule has 1 heterocycles. The minimum atomic E-state index is -0.339. The largest absolute Gasteiger partial charge is 0.344 e. The summed E-state index contributed by atoms with van der Waals surface area (Å²) in [5.74, 6) is -0.517. The molecule has 1 unspecified atom stereocenters. The summed E-state index contributed by atoms with van der Waals surface area (Å²) in [7, 11) is 2.13. The lowest BCUT2D eigenvalue weighted by molar-refractivity contribution is 0.0907. The van der Waals surface area contributed by atoms with E-state index in [1.54, 1.807) is 0 Å². The first-order valence-electron chi connectivity index (χ1n) is 8.64. The highest BCUT2D eigenvalue weighted by Gasteiger charge is 2.21. The molecule has 1 saturated heterocycles. The van der Waals surface area contributed by atoms with Crippen LogP contribution in [0.5, 0.6) is 0 Å². The van der Waals surface area contributed by atoms with Crippen molar-refractivity contribution < 1.29 is 9.18 Å². The number of carbonyl (C=O) groups is 1. The summed E-state index contributed by atoms with van der Waals surface area (Å²) in [6.07, 6.45) is 0. The fourth-order valence-corrected chi connectivity index (χ4v) is 3.05. The Morgan fingerprint density at radius 3 is 2.32 bits per heavy atom. The van der Waals surface area contributed by atoms with E-state index in [-0.39, 0.29) is 17.8 Å². The third-order valence-electron chi connectivity index (χ3n) is 4.65. The van der Waals surface area contributed by atoms with E-state index in [4.69, 9.17) is 0 Å². The lowest BCUT2D eigenvalue weighted by Gasteiger charge is -2.35. The summed E-state index contributed by atoms with van der Waals surface area (Å²) in [6.45, 7) is 4.82. The first-order chi connectivity index (χ1) is 12.1. The second-order valence-corrected chi connectivity index (χ2v) is 6.55. The average Bonchev–Trinajstić information content (AvgIpc) is 2.64. The Hall–Kier alpha value is -2.24. The maximum Gasteiger partial charge on any atom is 0.251 e. The fourth-order valence-electron chi connectivity index (χ4n) is 3.05. The van der Waals surface area contributed by atoms with Crippen LogP contribution in [0.3, 0.4) is 0 Å². The lowest BCUT2D eigenvalue weighted by atomic mass is 10.0. The van der Waals surface area contributed by atoms with Crippen LogP contribution in [-0.4, -0.2) is 55.5 Å². The van der Waals surface area contributed by atoms with Crippen molar-refractivity contribution in [3.8, 4) is 0 Å². The third-order valence-corrected chi connectivity index (χ3v) is 4.65. The Labute approximate surface area is 148 Å². The number of piperazine rings is 1. The minimum absolute atomic E-state index is 0.0952. The molecule has 0 saturated carbocycles. The van der Waals surface area contributed by atoms with Crippen LogP contribution in [0.25, 0.3) is 0 Å². The van der Waals surface area contributed by atoms with Crippen LogP contribution >= 0.6 is 0 Å². The van der Waals surface area contributed by atoms with E-state index in [1.165, 1.54) is 24.3 Å². The quantitative estimate of drug-likeness (QED) is 0.908. The molecule has 5 heteroatoms. The van der Waals surface area contributed by atoms with Gasteiger partial charge in [0.15, 0.2) is 0 Å². The molecule has 2 aromatic carbocycles. The highest BCUT2D eigenvalue weighted by molar-refractivity contribution is 5.94. The van der Waals surface area contributed by atoms with Gasteiger partial charge in [0, 0.05) is 38.3 Å². The molecule has 1 amide bonds. The van der Waals surface area contributed by atoms with E-state index < -0.39 is 0 Å². The fraction of sp³-hybridized carbons (Fsp3) is 0.350. The SMILES string of the molecule is CN1CCN(CC(NC(=O)c2ccc(F)cc2)c2ccccc2)CC1. The van der Waals surface area contributed by atoms with E-state index in [1.807, 2.05) is 30.3 Å². The number of carbonyl (C=O) groups excluding carboxylic acids is 1. The van der Waals surface area contributed by atoms with E-state index in [9.17, 15) is 9.18 Å². The van der Waals surface area contributed by atoms with E-state index in [0.29, 0.717) is 5.56 Å². The van der Waals surface area contributed by atoms with Crippen molar-refractivity contribution in [1.82, 2.24) is 15.1 Å². The van der Waals surface area contributed by atoms with Crippen LogP contribution in [0.1, 0.15) is 22.0 Å². The van der Waals surface area contributed by atoms with Gasteiger partial charge in [-0.3, -0.25) is 9.69 Å². The van der Waals surface area contributed by atoms with Crippen LogP contribution in [0.2, 0.25) is 0 Å². The molecular weight excluding hydrogens is 317 g/mol. The van der Waals surface area contributed by atoms with Crippen molar-refractivity contribution in [2.75, 3.05) is 39.8 Å². The molecule has 0 aliphatic carbocycles. The summed E-state index contributed by atoms with van der Waals surface area (Å²) in [5, 5.41) is 3.11. The van der Waals surface area contributed by atoms with Gasteiger partial charge in [-0.2, -0.15) is 0 Å². The average molecular weight is 341 g/mol. The van der Waals surface area contributed by atoms with Crippen LogP contribution in [0, 0.1) is 5.82 Å². The number of nitrogens with zero attached hydrogens (tertiary/aromatic N) is 2. The number of likely N-dealkylation sites (N-methyl/N-ethyl adjacent to an activating group) is 1. The van der Waals surface area contributed by atoms with Gasteiger partial charge in [-0.05, 0) is 36.9 Å². The van der Waals surface area contributed by atoms with Crippen LogP contribution in [0.15, 0.2) is 54.6 Å². The minimum Gasteiger partial charge on any atom is -0.344 e. The molecule has 25 heavy (non-hydrogen) atoms. The molecule has 1 fully saturated rings. The van der Waals surface area contributed by atoms with Crippen LogP contribution < -0.4 is 5.32 Å². The highest BCUT2D eigenvalue weighted by atomic mass is 19.1. The predicted molar refractivity (Wildman–Crippen MR) is 97.0 cm³/mol. The maximum absolute atomic E-state index is 13.1. The van der Waals surface area contributed by atoms with Crippen molar-refractivity contribution in [2.45, 2.75) is 6.04 Å². The molecule has 3 rings (SSSR count). The van der Waals surface area contributed by atoms with Crippen molar-refractivity contribution in [2.24, 2.45) is 0 Å². The Bertz CT molecular complexity index is 682.